The van der Waals surface area contributed by atoms with Gasteiger partial charge < -0.3 is 20.5 Å². The fraction of sp³-hybridized carbons (Fsp3) is 0.536. The van der Waals surface area contributed by atoms with Gasteiger partial charge in [-0.1, -0.05) is 63.3 Å². The summed E-state index contributed by atoms with van der Waals surface area (Å²) < 4.78 is 5.68. The number of hydrogen-bond acceptors (Lipinski definition) is 5. The van der Waals surface area contributed by atoms with Crippen molar-refractivity contribution in [2.45, 2.75) is 65.5 Å². The van der Waals surface area contributed by atoms with Crippen molar-refractivity contribution < 1.29 is 24.2 Å². The molecular weight excluding hydrogens is 444 g/mol. The van der Waals surface area contributed by atoms with Crippen LogP contribution >= 0.6 is 0 Å². The number of carbonyl (C=O) groups excluding carboxylic acids is 3. The molecule has 0 saturated heterocycles. The number of aliphatic hydroxyl groups is 1. The van der Waals surface area contributed by atoms with Crippen molar-refractivity contribution >= 4 is 17.8 Å². The number of benzene rings is 1. The molecule has 194 valence electrons. The Kier molecular flexibility index (Phi) is 13.0. The van der Waals surface area contributed by atoms with E-state index in [9.17, 15) is 14.4 Å². The third kappa shape index (κ3) is 11.4. The Labute approximate surface area is 210 Å². The molecule has 1 aromatic carbocycles. The normalized spacial score (nSPS) is 14.7. The summed E-state index contributed by atoms with van der Waals surface area (Å²) in [7, 11) is 0. The van der Waals surface area contributed by atoms with Gasteiger partial charge in [-0.2, -0.15) is 0 Å². The summed E-state index contributed by atoms with van der Waals surface area (Å²) in [5, 5.41) is 14.8. The Morgan fingerprint density at radius 3 is 2.17 bits per heavy atom. The first-order valence-electron chi connectivity index (χ1n) is 12.1. The molecule has 1 aromatic rings. The Morgan fingerprint density at radius 2 is 1.63 bits per heavy atom. The minimum atomic E-state index is -0.620. The predicted octanol–water partition coefficient (Wildman–Crippen LogP) is 3.57. The van der Waals surface area contributed by atoms with Gasteiger partial charge in [0.2, 0.25) is 11.8 Å². The minimum absolute atomic E-state index is 0.0189. The van der Waals surface area contributed by atoms with Crippen LogP contribution in [0.1, 0.15) is 52.5 Å². The van der Waals surface area contributed by atoms with Crippen molar-refractivity contribution in [2.75, 3.05) is 13.2 Å². The molecule has 0 aliphatic carbocycles. The maximum absolute atomic E-state index is 13.1. The SMILES string of the molecule is C=CC[C@@H](CC(=O)N[C@H](C)CO)C(=O)N[C@H](COC(=O)[C@@H](CC=C)Cc1ccccc1)C(C)(C)C. The van der Waals surface area contributed by atoms with Gasteiger partial charge in [0.1, 0.15) is 6.61 Å². The lowest BCUT2D eigenvalue weighted by atomic mass is 9.86. The molecule has 0 radical (unpaired) electrons. The van der Waals surface area contributed by atoms with Gasteiger partial charge >= 0.3 is 5.97 Å². The molecule has 35 heavy (non-hydrogen) atoms. The van der Waals surface area contributed by atoms with E-state index in [2.05, 4.69) is 23.8 Å². The maximum atomic E-state index is 13.1. The highest BCUT2D eigenvalue weighted by atomic mass is 16.5. The van der Waals surface area contributed by atoms with Crippen molar-refractivity contribution in [3.8, 4) is 0 Å². The predicted molar refractivity (Wildman–Crippen MR) is 138 cm³/mol. The Hall–Kier alpha value is -2.93. The molecule has 0 spiro atoms. The topological polar surface area (TPSA) is 105 Å². The van der Waals surface area contributed by atoms with Crippen LogP contribution in [0.25, 0.3) is 0 Å². The average Bonchev–Trinajstić information content (AvgIpc) is 2.80. The van der Waals surface area contributed by atoms with Crippen molar-refractivity contribution in [1.82, 2.24) is 10.6 Å². The Morgan fingerprint density at radius 1 is 1.03 bits per heavy atom. The van der Waals surface area contributed by atoms with E-state index >= 15 is 0 Å². The number of allylic oxidation sites excluding steroid dienone is 2. The Balaban J connectivity index is 2.84. The first-order valence-corrected chi connectivity index (χ1v) is 12.1. The van der Waals surface area contributed by atoms with Crippen LogP contribution in [0.15, 0.2) is 55.6 Å². The third-order valence-corrected chi connectivity index (χ3v) is 5.80. The van der Waals surface area contributed by atoms with Crippen LogP contribution in [-0.4, -0.2) is 48.2 Å². The molecule has 0 bridgehead atoms. The van der Waals surface area contributed by atoms with Crippen LogP contribution in [0.5, 0.6) is 0 Å². The standard InChI is InChI=1S/C28H42N2O5/c1-7-12-22(17-25(32)29-20(3)18-31)26(33)30-24(28(4,5)6)19-35-27(34)23(13-8-2)16-21-14-10-9-11-15-21/h7-11,14-15,20,22-24,31H,1-2,12-13,16-19H2,3-6H3,(H,29,32)(H,30,33)/t20-,22+,23+,24-/m1/s1. The molecule has 2 amide bonds. The number of ether oxygens (including phenoxy) is 1. The van der Waals surface area contributed by atoms with Crippen LogP contribution in [0.4, 0.5) is 0 Å². The molecular formula is C28H42N2O5. The van der Waals surface area contributed by atoms with Crippen LogP contribution in [0.3, 0.4) is 0 Å². The molecule has 0 saturated carbocycles. The lowest BCUT2D eigenvalue weighted by molar-refractivity contribution is -0.150. The second kappa shape index (κ2) is 15.1. The van der Waals surface area contributed by atoms with E-state index in [0.29, 0.717) is 19.3 Å². The van der Waals surface area contributed by atoms with Gasteiger partial charge in [-0.25, -0.2) is 0 Å². The fourth-order valence-corrected chi connectivity index (χ4v) is 3.53. The van der Waals surface area contributed by atoms with Gasteiger partial charge in [-0.05, 0) is 37.2 Å². The van der Waals surface area contributed by atoms with E-state index in [1.807, 2.05) is 51.1 Å². The van der Waals surface area contributed by atoms with Crippen LogP contribution < -0.4 is 10.6 Å². The van der Waals surface area contributed by atoms with E-state index in [-0.39, 0.29) is 43.3 Å². The van der Waals surface area contributed by atoms with Crippen LogP contribution in [-0.2, 0) is 25.5 Å². The quantitative estimate of drug-likeness (QED) is 0.260. The number of hydrogen-bond donors (Lipinski definition) is 3. The van der Waals surface area contributed by atoms with E-state index < -0.39 is 23.4 Å². The molecule has 7 heteroatoms. The summed E-state index contributed by atoms with van der Waals surface area (Å²) in [4.78, 5) is 38.2. The van der Waals surface area contributed by atoms with Crippen molar-refractivity contribution in [1.29, 1.82) is 0 Å². The summed E-state index contributed by atoms with van der Waals surface area (Å²) in [5.41, 5.74) is 0.647. The van der Waals surface area contributed by atoms with Gasteiger partial charge in [0.15, 0.2) is 0 Å². The number of carbonyl (C=O) groups is 3. The van der Waals surface area contributed by atoms with Gasteiger partial charge in [0.25, 0.3) is 0 Å². The first kappa shape index (κ1) is 30.1. The summed E-state index contributed by atoms with van der Waals surface area (Å²) in [5.74, 6) is -1.94. The highest BCUT2D eigenvalue weighted by molar-refractivity contribution is 5.86. The van der Waals surface area contributed by atoms with Crippen LogP contribution in [0.2, 0.25) is 0 Å². The molecule has 1 rings (SSSR count). The number of esters is 1. The molecule has 0 unspecified atom stereocenters. The van der Waals surface area contributed by atoms with Gasteiger partial charge in [-0.3, -0.25) is 14.4 Å². The molecule has 3 N–H and O–H groups in total. The average molecular weight is 487 g/mol. The number of nitrogens with one attached hydrogen (secondary N) is 2. The van der Waals surface area contributed by atoms with E-state index in [4.69, 9.17) is 9.84 Å². The van der Waals surface area contributed by atoms with E-state index in [1.54, 1.807) is 19.1 Å². The molecule has 0 aromatic heterocycles. The molecule has 0 fully saturated rings. The Bertz CT molecular complexity index is 831. The highest BCUT2D eigenvalue weighted by Gasteiger charge is 2.31. The zero-order valence-electron chi connectivity index (χ0n) is 21.6. The zero-order valence-corrected chi connectivity index (χ0v) is 21.6. The summed E-state index contributed by atoms with van der Waals surface area (Å²) >= 11 is 0. The highest BCUT2D eigenvalue weighted by Crippen LogP contribution is 2.22. The maximum Gasteiger partial charge on any atom is 0.309 e. The molecule has 7 nitrogen and oxygen atoms in total. The van der Waals surface area contributed by atoms with Crippen molar-refractivity contribution in [3.05, 3.63) is 61.2 Å². The zero-order chi connectivity index (χ0) is 26.4. The van der Waals surface area contributed by atoms with Crippen LogP contribution in [0, 0.1) is 17.3 Å². The number of rotatable bonds is 15. The molecule has 4 atom stereocenters. The van der Waals surface area contributed by atoms with Crippen molar-refractivity contribution in [2.24, 2.45) is 17.3 Å². The largest absolute Gasteiger partial charge is 0.463 e. The van der Waals surface area contributed by atoms with E-state index in [0.717, 1.165) is 5.56 Å². The first-order chi connectivity index (χ1) is 16.5. The lowest BCUT2D eigenvalue weighted by Crippen LogP contribution is -2.50. The molecule has 0 aliphatic heterocycles. The van der Waals surface area contributed by atoms with E-state index in [1.165, 1.54) is 0 Å². The molecule has 0 aliphatic rings. The second-order valence-electron chi connectivity index (χ2n) is 10.0. The second-order valence-corrected chi connectivity index (χ2v) is 10.0. The fourth-order valence-electron chi connectivity index (χ4n) is 3.53. The lowest BCUT2D eigenvalue weighted by Gasteiger charge is -2.32. The van der Waals surface area contributed by atoms with Crippen molar-refractivity contribution in [3.63, 3.8) is 0 Å². The third-order valence-electron chi connectivity index (χ3n) is 5.80. The molecule has 0 heterocycles. The summed E-state index contributed by atoms with van der Waals surface area (Å²) in [6, 6.07) is 8.89. The summed E-state index contributed by atoms with van der Waals surface area (Å²) in [6.45, 7) is 14.8. The number of aliphatic hydroxyl groups excluding tert-OH is 1. The number of amides is 2. The van der Waals surface area contributed by atoms with Gasteiger partial charge in [0.05, 0.1) is 24.5 Å². The minimum Gasteiger partial charge on any atom is -0.463 e. The summed E-state index contributed by atoms with van der Waals surface area (Å²) in [6.07, 6.45) is 4.63. The van der Waals surface area contributed by atoms with Gasteiger partial charge in [-0.15, -0.1) is 13.2 Å². The van der Waals surface area contributed by atoms with Gasteiger partial charge in [0, 0.05) is 12.5 Å². The smallest absolute Gasteiger partial charge is 0.309 e. The monoisotopic (exact) mass is 486 g/mol.